The van der Waals surface area contributed by atoms with Gasteiger partial charge in [-0.3, -0.25) is 10.1 Å². The molecular formula is C13H20ClN3O4S. The lowest BCUT2D eigenvalue weighted by atomic mass is 10.1. The molecule has 0 aliphatic heterocycles. The van der Waals surface area contributed by atoms with Crippen LogP contribution in [0.2, 0.25) is 0 Å². The van der Waals surface area contributed by atoms with Gasteiger partial charge in [0.25, 0.3) is 5.69 Å². The Labute approximate surface area is 135 Å². The molecule has 0 radical (unpaired) electrons. The van der Waals surface area contributed by atoms with Crippen LogP contribution in [0.25, 0.3) is 0 Å². The van der Waals surface area contributed by atoms with Gasteiger partial charge in [-0.1, -0.05) is 6.07 Å². The van der Waals surface area contributed by atoms with Crippen molar-refractivity contribution in [3.63, 3.8) is 0 Å². The molecule has 1 fully saturated rings. The predicted octanol–water partition coefficient (Wildman–Crippen LogP) is 1.65. The molecule has 1 atom stereocenters. The first kappa shape index (κ1) is 18.8. The summed E-state index contributed by atoms with van der Waals surface area (Å²) in [4.78, 5) is 10.2. The number of nitrogens with one attached hydrogen (secondary N) is 1. The number of rotatable bonds is 6. The van der Waals surface area contributed by atoms with Gasteiger partial charge in [0.05, 0.1) is 4.92 Å². The number of nitrogens with two attached hydrogens (primary N) is 1. The first-order valence-corrected chi connectivity index (χ1v) is 8.23. The van der Waals surface area contributed by atoms with E-state index in [-0.39, 0.29) is 35.8 Å². The number of nitro groups is 1. The molecule has 0 aromatic heterocycles. The second-order valence-corrected chi connectivity index (χ2v) is 7.06. The molecule has 1 saturated carbocycles. The Balaban J connectivity index is 0.00000242. The highest BCUT2D eigenvalue weighted by Gasteiger charge is 2.36. The van der Waals surface area contributed by atoms with E-state index in [1.807, 2.05) is 0 Å². The molecule has 124 valence electrons. The van der Waals surface area contributed by atoms with Gasteiger partial charge in [0.15, 0.2) is 4.90 Å². The molecule has 1 aliphatic rings. The Bertz CT molecular complexity index is 674. The third kappa shape index (κ3) is 3.75. The van der Waals surface area contributed by atoms with E-state index in [0.717, 1.165) is 12.8 Å². The van der Waals surface area contributed by atoms with Gasteiger partial charge in [-0.25, -0.2) is 13.1 Å². The lowest BCUT2D eigenvalue weighted by molar-refractivity contribution is -0.387. The molecule has 1 unspecified atom stereocenters. The van der Waals surface area contributed by atoms with E-state index in [4.69, 9.17) is 5.73 Å². The standard InChI is InChI=1S/C13H19N3O4S.ClH/c1-8-3-6-12(16(17)18)13(9(8)2)21(19,20)15-11(7-14)10-4-5-10;/h3,6,10-11,15H,4-5,7,14H2,1-2H3;1H. The van der Waals surface area contributed by atoms with Crippen LogP contribution in [0.5, 0.6) is 0 Å². The maximum absolute atomic E-state index is 12.6. The highest BCUT2D eigenvalue weighted by atomic mass is 35.5. The van der Waals surface area contributed by atoms with Gasteiger partial charge < -0.3 is 5.73 Å². The summed E-state index contributed by atoms with van der Waals surface area (Å²) in [6.07, 6.45) is 1.86. The fraction of sp³-hybridized carbons (Fsp3) is 0.538. The molecule has 1 aliphatic carbocycles. The summed E-state index contributed by atoms with van der Waals surface area (Å²) in [5, 5.41) is 11.1. The zero-order valence-electron chi connectivity index (χ0n) is 12.4. The summed E-state index contributed by atoms with van der Waals surface area (Å²) in [5.74, 6) is 0.231. The van der Waals surface area contributed by atoms with Crippen molar-refractivity contribution in [2.24, 2.45) is 11.7 Å². The van der Waals surface area contributed by atoms with Crippen LogP contribution < -0.4 is 10.5 Å². The average Bonchev–Trinajstić information content (AvgIpc) is 3.22. The van der Waals surface area contributed by atoms with E-state index in [1.54, 1.807) is 19.9 Å². The Morgan fingerprint density at radius 1 is 1.41 bits per heavy atom. The van der Waals surface area contributed by atoms with Gasteiger partial charge in [0.2, 0.25) is 10.0 Å². The minimum Gasteiger partial charge on any atom is -0.329 e. The highest BCUT2D eigenvalue weighted by Crippen LogP contribution is 2.34. The smallest absolute Gasteiger partial charge is 0.289 e. The second kappa shape index (κ2) is 6.91. The van der Waals surface area contributed by atoms with Crippen LogP contribution in [-0.2, 0) is 10.0 Å². The molecule has 0 heterocycles. The van der Waals surface area contributed by atoms with Gasteiger partial charge in [-0.05, 0) is 43.7 Å². The van der Waals surface area contributed by atoms with Crippen LogP contribution >= 0.6 is 12.4 Å². The molecule has 3 N–H and O–H groups in total. The molecule has 1 aromatic carbocycles. The minimum absolute atomic E-state index is 0. The van der Waals surface area contributed by atoms with Crippen molar-refractivity contribution >= 4 is 28.1 Å². The van der Waals surface area contributed by atoms with Crippen LogP contribution in [0.4, 0.5) is 5.69 Å². The van der Waals surface area contributed by atoms with Gasteiger partial charge >= 0.3 is 0 Å². The zero-order valence-corrected chi connectivity index (χ0v) is 14.0. The van der Waals surface area contributed by atoms with Crippen molar-refractivity contribution in [2.45, 2.75) is 37.6 Å². The van der Waals surface area contributed by atoms with Gasteiger partial charge in [-0.2, -0.15) is 0 Å². The Morgan fingerprint density at radius 3 is 2.45 bits per heavy atom. The number of nitro benzene ring substituents is 1. The van der Waals surface area contributed by atoms with Gasteiger partial charge in [-0.15, -0.1) is 12.4 Å². The van der Waals surface area contributed by atoms with E-state index in [1.165, 1.54) is 6.07 Å². The van der Waals surface area contributed by atoms with Crippen molar-refractivity contribution in [1.82, 2.24) is 4.72 Å². The topological polar surface area (TPSA) is 115 Å². The number of sulfonamides is 1. The largest absolute Gasteiger partial charge is 0.329 e. The molecule has 9 heteroatoms. The maximum Gasteiger partial charge on any atom is 0.289 e. The normalized spacial score (nSPS) is 16.0. The van der Waals surface area contributed by atoms with Crippen LogP contribution in [0, 0.1) is 29.9 Å². The van der Waals surface area contributed by atoms with Crippen LogP contribution in [-0.4, -0.2) is 25.9 Å². The monoisotopic (exact) mass is 349 g/mol. The van der Waals surface area contributed by atoms with Crippen molar-refractivity contribution in [2.75, 3.05) is 6.54 Å². The van der Waals surface area contributed by atoms with Crippen LogP contribution in [0.1, 0.15) is 24.0 Å². The van der Waals surface area contributed by atoms with E-state index in [0.29, 0.717) is 11.1 Å². The maximum atomic E-state index is 12.6. The van der Waals surface area contributed by atoms with Crippen molar-refractivity contribution in [3.8, 4) is 0 Å². The summed E-state index contributed by atoms with van der Waals surface area (Å²) in [7, 11) is -3.98. The van der Waals surface area contributed by atoms with Crippen LogP contribution in [0.3, 0.4) is 0 Å². The Kier molecular flexibility index (Phi) is 5.91. The first-order chi connectivity index (χ1) is 9.77. The molecule has 0 amide bonds. The molecule has 0 spiro atoms. The molecular weight excluding hydrogens is 330 g/mol. The highest BCUT2D eigenvalue weighted by molar-refractivity contribution is 7.89. The molecule has 1 aromatic rings. The fourth-order valence-electron chi connectivity index (χ4n) is 2.35. The van der Waals surface area contributed by atoms with E-state index >= 15 is 0 Å². The summed E-state index contributed by atoms with van der Waals surface area (Å²) in [6, 6.07) is 2.41. The lowest BCUT2D eigenvalue weighted by Gasteiger charge is -2.17. The summed E-state index contributed by atoms with van der Waals surface area (Å²) >= 11 is 0. The number of aryl methyl sites for hydroxylation is 1. The van der Waals surface area contributed by atoms with Gasteiger partial charge in [0.1, 0.15) is 0 Å². The summed E-state index contributed by atoms with van der Waals surface area (Å²) in [5.41, 5.74) is 6.28. The molecule has 22 heavy (non-hydrogen) atoms. The summed E-state index contributed by atoms with van der Waals surface area (Å²) < 4.78 is 27.6. The predicted molar refractivity (Wildman–Crippen MR) is 85.7 cm³/mol. The number of hydrogen-bond acceptors (Lipinski definition) is 5. The molecule has 2 rings (SSSR count). The lowest BCUT2D eigenvalue weighted by Crippen LogP contribution is -2.42. The number of benzene rings is 1. The number of hydrogen-bond donors (Lipinski definition) is 2. The first-order valence-electron chi connectivity index (χ1n) is 6.75. The quantitative estimate of drug-likeness (QED) is 0.598. The Morgan fingerprint density at radius 2 is 2.00 bits per heavy atom. The summed E-state index contributed by atoms with van der Waals surface area (Å²) in [6.45, 7) is 3.48. The van der Waals surface area contributed by atoms with E-state index in [9.17, 15) is 18.5 Å². The second-order valence-electron chi connectivity index (χ2n) is 5.41. The molecule has 0 bridgehead atoms. The Hall–Kier alpha value is -1.22. The SMILES string of the molecule is Cc1ccc([N+](=O)[O-])c(S(=O)(=O)NC(CN)C2CC2)c1C.Cl. The fourth-order valence-corrected chi connectivity index (χ4v) is 4.14. The third-order valence-electron chi connectivity index (χ3n) is 3.87. The molecule has 0 saturated heterocycles. The number of nitrogens with zero attached hydrogens (tertiary/aromatic N) is 1. The van der Waals surface area contributed by atoms with E-state index in [2.05, 4.69) is 4.72 Å². The zero-order chi connectivity index (χ0) is 15.8. The third-order valence-corrected chi connectivity index (χ3v) is 5.54. The van der Waals surface area contributed by atoms with Crippen molar-refractivity contribution < 1.29 is 13.3 Å². The average molecular weight is 350 g/mol. The van der Waals surface area contributed by atoms with E-state index < -0.39 is 20.6 Å². The van der Waals surface area contributed by atoms with Gasteiger partial charge in [0, 0.05) is 18.7 Å². The van der Waals surface area contributed by atoms with Crippen molar-refractivity contribution in [1.29, 1.82) is 0 Å². The molecule has 7 nitrogen and oxygen atoms in total. The van der Waals surface area contributed by atoms with Crippen molar-refractivity contribution in [3.05, 3.63) is 33.4 Å². The van der Waals surface area contributed by atoms with Crippen LogP contribution in [0.15, 0.2) is 17.0 Å². The number of halogens is 1. The minimum atomic E-state index is -3.98.